The van der Waals surface area contributed by atoms with E-state index in [4.69, 9.17) is 18.0 Å². The summed E-state index contributed by atoms with van der Waals surface area (Å²) >= 11 is 4.93. The highest BCUT2D eigenvalue weighted by Gasteiger charge is 2.10. The number of alkyl halides is 2. The molecule has 0 aliphatic heterocycles. The maximum Gasteiger partial charge on any atom is 0.387 e. The number of nitrogens with two attached hydrogens (primary N) is 1. The zero-order valence-corrected chi connectivity index (χ0v) is 12.0. The first-order valence-corrected chi connectivity index (χ1v) is 6.46. The number of hydrogen-bond donors (Lipinski definition) is 2. The number of para-hydroxylation sites is 2. The second kappa shape index (κ2) is 6.45. The fourth-order valence-corrected chi connectivity index (χ4v) is 1.90. The van der Waals surface area contributed by atoms with E-state index in [1.54, 1.807) is 37.3 Å². The van der Waals surface area contributed by atoms with E-state index in [2.05, 4.69) is 15.0 Å². The van der Waals surface area contributed by atoms with E-state index in [1.807, 2.05) is 0 Å². The highest BCUT2D eigenvalue weighted by atomic mass is 32.1. The van der Waals surface area contributed by atoms with Crippen molar-refractivity contribution in [2.24, 2.45) is 5.73 Å². The minimum absolute atomic E-state index is 0.0349. The molecule has 4 nitrogen and oxygen atoms in total. The normalized spacial score (nSPS) is 10.5. The van der Waals surface area contributed by atoms with Gasteiger partial charge >= 0.3 is 6.61 Å². The first-order chi connectivity index (χ1) is 9.95. The third-order valence-electron chi connectivity index (χ3n) is 2.60. The van der Waals surface area contributed by atoms with Gasteiger partial charge in [-0.25, -0.2) is 4.98 Å². The van der Waals surface area contributed by atoms with Gasteiger partial charge in [-0.2, -0.15) is 8.78 Å². The van der Waals surface area contributed by atoms with Crippen LogP contribution in [0, 0.1) is 6.92 Å². The fraction of sp³-hybridized carbons (Fsp3) is 0.143. The van der Waals surface area contributed by atoms with Gasteiger partial charge in [0.15, 0.2) is 0 Å². The number of nitrogens with zero attached hydrogens (tertiary/aromatic N) is 1. The third-order valence-corrected chi connectivity index (χ3v) is 2.84. The monoisotopic (exact) mass is 309 g/mol. The van der Waals surface area contributed by atoms with Gasteiger partial charge in [0, 0.05) is 11.3 Å². The van der Waals surface area contributed by atoms with E-state index in [9.17, 15) is 8.78 Å². The van der Waals surface area contributed by atoms with Crippen LogP contribution in [0.25, 0.3) is 0 Å². The van der Waals surface area contributed by atoms with E-state index >= 15 is 0 Å². The number of benzene rings is 1. The third kappa shape index (κ3) is 4.09. The summed E-state index contributed by atoms with van der Waals surface area (Å²) in [6.07, 6.45) is 0. The number of thiocarbonyl (C=S) groups is 1. The quantitative estimate of drug-likeness (QED) is 0.829. The Morgan fingerprint density at radius 2 is 2.05 bits per heavy atom. The minimum Gasteiger partial charge on any atom is -0.433 e. The molecule has 0 bridgehead atoms. The molecule has 7 heteroatoms. The first-order valence-electron chi connectivity index (χ1n) is 6.05. The highest BCUT2D eigenvalue weighted by molar-refractivity contribution is 7.80. The van der Waals surface area contributed by atoms with Crippen LogP contribution in [0.2, 0.25) is 0 Å². The van der Waals surface area contributed by atoms with Crippen molar-refractivity contribution in [2.45, 2.75) is 13.5 Å². The van der Waals surface area contributed by atoms with Crippen LogP contribution in [0.15, 0.2) is 36.4 Å². The van der Waals surface area contributed by atoms with Crippen LogP contribution < -0.4 is 15.8 Å². The maximum atomic E-state index is 12.4. The smallest absolute Gasteiger partial charge is 0.387 e. The van der Waals surface area contributed by atoms with Crippen LogP contribution in [0.3, 0.4) is 0 Å². The summed E-state index contributed by atoms with van der Waals surface area (Å²) in [6.45, 7) is -1.11. The van der Waals surface area contributed by atoms with Crippen LogP contribution >= 0.6 is 12.2 Å². The molecule has 0 saturated heterocycles. The molecule has 1 aromatic carbocycles. The van der Waals surface area contributed by atoms with Gasteiger partial charge in [-0.05, 0) is 31.2 Å². The molecule has 0 aliphatic rings. The first kappa shape index (κ1) is 15.1. The molecule has 0 spiro atoms. The summed E-state index contributed by atoms with van der Waals surface area (Å²) < 4.78 is 29.2. The van der Waals surface area contributed by atoms with Gasteiger partial charge < -0.3 is 15.8 Å². The molecule has 1 heterocycles. The summed E-state index contributed by atoms with van der Waals surface area (Å²) in [5.41, 5.74) is 7.32. The predicted molar refractivity (Wildman–Crippen MR) is 81.2 cm³/mol. The lowest BCUT2D eigenvalue weighted by atomic mass is 10.2. The van der Waals surface area contributed by atoms with Gasteiger partial charge in [0.1, 0.15) is 16.6 Å². The Hall–Kier alpha value is -2.28. The van der Waals surface area contributed by atoms with Crippen molar-refractivity contribution in [3.05, 3.63) is 47.7 Å². The van der Waals surface area contributed by atoms with Crippen LogP contribution in [0.5, 0.6) is 5.75 Å². The molecular weight excluding hydrogens is 296 g/mol. The Morgan fingerprint density at radius 1 is 1.33 bits per heavy atom. The Balaban J connectivity index is 2.32. The van der Waals surface area contributed by atoms with Crippen molar-refractivity contribution in [1.82, 2.24) is 4.98 Å². The zero-order chi connectivity index (χ0) is 15.4. The number of halogens is 2. The summed E-state index contributed by atoms with van der Waals surface area (Å²) in [5, 5.41) is 2.93. The predicted octanol–water partition coefficient (Wildman–Crippen LogP) is 3.37. The number of anilines is 2. The van der Waals surface area contributed by atoms with E-state index in [0.717, 1.165) is 0 Å². The Labute approximate surface area is 125 Å². The molecule has 0 unspecified atom stereocenters. The van der Waals surface area contributed by atoms with Crippen molar-refractivity contribution in [3.63, 3.8) is 0 Å². The second-order valence-corrected chi connectivity index (χ2v) is 4.69. The summed E-state index contributed by atoms with van der Waals surface area (Å²) in [6, 6.07) is 9.75. The number of nitrogens with one attached hydrogen (secondary N) is 1. The average molecular weight is 309 g/mol. The number of ether oxygens (including phenoxy) is 1. The van der Waals surface area contributed by atoms with Gasteiger partial charge in [-0.1, -0.05) is 24.4 Å². The molecule has 110 valence electrons. The largest absolute Gasteiger partial charge is 0.433 e. The van der Waals surface area contributed by atoms with E-state index in [0.29, 0.717) is 22.8 Å². The molecule has 21 heavy (non-hydrogen) atoms. The zero-order valence-electron chi connectivity index (χ0n) is 11.1. The molecule has 0 amide bonds. The molecule has 2 aromatic rings. The van der Waals surface area contributed by atoms with Gasteiger partial charge in [-0.15, -0.1) is 0 Å². The lowest BCUT2D eigenvalue weighted by molar-refractivity contribution is -0.0493. The standard InChI is InChI=1S/C14H13F2N3OS/c1-8-6-9(13(17)21)7-12(18-8)19-10-4-2-3-5-11(10)20-14(15)16/h2-7,14H,1H3,(H2,17,21)(H,18,19). The summed E-state index contributed by atoms with van der Waals surface area (Å²) in [7, 11) is 0. The van der Waals surface area contributed by atoms with Crippen molar-refractivity contribution < 1.29 is 13.5 Å². The number of aryl methyl sites for hydroxylation is 1. The molecule has 1 aromatic heterocycles. The average Bonchev–Trinajstić information content (AvgIpc) is 2.39. The lowest BCUT2D eigenvalue weighted by Gasteiger charge is -2.13. The summed E-state index contributed by atoms with van der Waals surface area (Å²) in [5.74, 6) is 0.482. The van der Waals surface area contributed by atoms with Crippen LogP contribution in [0.1, 0.15) is 11.3 Å². The SMILES string of the molecule is Cc1cc(C(N)=S)cc(Nc2ccccc2OC(F)F)n1. The van der Waals surface area contributed by atoms with Crippen LogP contribution in [0.4, 0.5) is 20.3 Å². The second-order valence-electron chi connectivity index (χ2n) is 4.25. The van der Waals surface area contributed by atoms with Gasteiger partial charge in [-0.3, -0.25) is 0 Å². The van der Waals surface area contributed by atoms with Gasteiger partial charge in [0.25, 0.3) is 0 Å². The number of rotatable bonds is 5. The minimum atomic E-state index is -2.90. The Morgan fingerprint density at radius 3 is 2.71 bits per heavy atom. The Kier molecular flexibility index (Phi) is 4.64. The molecule has 0 aliphatic carbocycles. The molecule has 0 saturated carbocycles. The topological polar surface area (TPSA) is 60.2 Å². The van der Waals surface area contributed by atoms with Gasteiger partial charge in [0.2, 0.25) is 0 Å². The molecule has 0 atom stereocenters. The number of hydrogen-bond acceptors (Lipinski definition) is 4. The molecule has 2 rings (SSSR count). The van der Waals surface area contributed by atoms with E-state index in [-0.39, 0.29) is 10.7 Å². The van der Waals surface area contributed by atoms with Crippen molar-refractivity contribution in [2.75, 3.05) is 5.32 Å². The molecule has 0 radical (unpaired) electrons. The number of aromatic nitrogens is 1. The molecule has 3 N–H and O–H groups in total. The lowest BCUT2D eigenvalue weighted by Crippen LogP contribution is -2.11. The van der Waals surface area contributed by atoms with Crippen LogP contribution in [-0.2, 0) is 0 Å². The van der Waals surface area contributed by atoms with Crippen molar-refractivity contribution in [3.8, 4) is 5.75 Å². The van der Waals surface area contributed by atoms with Gasteiger partial charge in [0.05, 0.1) is 5.69 Å². The van der Waals surface area contributed by atoms with Crippen molar-refractivity contribution >= 4 is 28.7 Å². The van der Waals surface area contributed by atoms with Crippen LogP contribution in [-0.4, -0.2) is 16.6 Å². The Bertz CT molecular complexity index is 664. The summed E-state index contributed by atoms with van der Waals surface area (Å²) in [4.78, 5) is 4.50. The highest BCUT2D eigenvalue weighted by Crippen LogP contribution is 2.28. The maximum absolute atomic E-state index is 12.4. The fourth-order valence-electron chi connectivity index (χ4n) is 1.78. The molecular formula is C14H13F2N3OS. The van der Waals surface area contributed by atoms with E-state index < -0.39 is 6.61 Å². The van der Waals surface area contributed by atoms with E-state index in [1.165, 1.54) is 6.07 Å². The molecule has 0 fully saturated rings. The number of pyridine rings is 1. The van der Waals surface area contributed by atoms with Crippen molar-refractivity contribution in [1.29, 1.82) is 0 Å².